The van der Waals surface area contributed by atoms with Crippen LogP contribution in [0.3, 0.4) is 0 Å². The number of rotatable bonds is 4. The Kier molecular flexibility index (Phi) is 5.15. The van der Waals surface area contributed by atoms with Gasteiger partial charge in [-0.15, -0.1) is 0 Å². The monoisotopic (exact) mass is 446 g/mol. The van der Waals surface area contributed by atoms with Gasteiger partial charge in [0.25, 0.3) is 5.91 Å². The highest BCUT2D eigenvalue weighted by Gasteiger charge is 2.31. The van der Waals surface area contributed by atoms with E-state index in [2.05, 4.69) is 10.3 Å². The minimum Gasteiger partial charge on any atom is -0.399 e. The van der Waals surface area contributed by atoms with E-state index in [1.165, 1.54) is 6.07 Å². The average Bonchev–Trinajstić information content (AvgIpc) is 3.12. The van der Waals surface area contributed by atoms with Crippen LogP contribution < -0.4 is 11.1 Å². The number of halogens is 2. The van der Waals surface area contributed by atoms with Crippen molar-refractivity contribution in [2.45, 2.75) is 13.0 Å². The molecule has 32 heavy (non-hydrogen) atoms. The van der Waals surface area contributed by atoms with Crippen molar-refractivity contribution in [3.8, 4) is 22.4 Å². The number of benzene rings is 2. The van der Waals surface area contributed by atoms with Gasteiger partial charge in [0.1, 0.15) is 5.82 Å². The summed E-state index contributed by atoms with van der Waals surface area (Å²) in [6, 6.07) is 15.9. The second-order valence-electron chi connectivity index (χ2n) is 7.73. The zero-order valence-corrected chi connectivity index (χ0v) is 17.9. The lowest BCUT2D eigenvalue weighted by Gasteiger charge is -2.18. The highest BCUT2D eigenvalue weighted by molar-refractivity contribution is 6.30. The first-order valence-corrected chi connectivity index (χ1v) is 10.6. The smallest absolute Gasteiger partial charge is 0.253 e. The molecule has 2 aromatic heterocycles. The number of fused-ring (bicyclic) bond motifs is 1. The van der Waals surface area contributed by atoms with Crippen molar-refractivity contribution >= 4 is 23.2 Å². The third-order valence-corrected chi connectivity index (χ3v) is 5.95. The number of hydrogen-bond acceptors (Lipinski definition) is 3. The standard InChI is InChI=1S/C25H20ClFN4O/c26-18-5-4-17(20(27)13-18)14-31-21-8-11-30-25(32)23(21)22(16-2-1-3-19(28)12-16)24(31)15-6-9-29-10-7-15/h1-7,9-10,12-13H,8,11,14,28H2,(H,30,32). The molecular formula is C25H20ClFN4O. The molecule has 1 aliphatic rings. The van der Waals surface area contributed by atoms with Gasteiger partial charge in [-0.2, -0.15) is 0 Å². The van der Waals surface area contributed by atoms with Crippen LogP contribution in [-0.2, 0) is 13.0 Å². The van der Waals surface area contributed by atoms with Gasteiger partial charge in [-0.05, 0) is 42.0 Å². The van der Waals surface area contributed by atoms with E-state index in [1.54, 1.807) is 24.5 Å². The minimum absolute atomic E-state index is 0.144. The molecule has 3 heterocycles. The summed E-state index contributed by atoms with van der Waals surface area (Å²) in [4.78, 5) is 17.2. The topological polar surface area (TPSA) is 72.9 Å². The van der Waals surface area contributed by atoms with E-state index in [0.29, 0.717) is 34.8 Å². The molecular weight excluding hydrogens is 427 g/mol. The van der Waals surface area contributed by atoms with Gasteiger partial charge in [0, 0.05) is 58.5 Å². The number of carbonyl (C=O) groups is 1. The summed E-state index contributed by atoms with van der Waals surface area (Å²) in [5, 5.41) is 3.29. The summed E-state index contributed by atoms with van der Waals surface area (Å²) in [5.41, 5.74) is 12.0. The molecule has 0 saturated carbocycles. The molecule has 1 aliphatic heterocycles. The Morgan fingerprint density at radius 2 is 1.88 bits per heavy atom. The van der Waals surface area contributed by atoms with Crippen LogP contribution in [0, 0.1) is 5.82 Å². The quantitative estimate of drug-likeness (QED) is 0.437. The first-order valence-electron chi connectivity index (χ1n) is 10.3. The largest absolute Gasteiger partial charge is 0.399 e. The molecule has 0 fully saturated rings. The van der Waals surface area contributed by atoms with Gasteiger partial charge < -0.3 is 15.6 Å². The van der Waals surface area contributed by atoms with Gasteiger partial charge in [0.15, 0.2) is 0 Å². The zero-order valence-electron chi connectivity index (χ0n) is 17.1. The summed E-state index contributed by atoms with van der Waals surface area (Å²) in [6.07, 6.45) is 4.05. The Hall–Kier alpha value is -3.64. The molecule has 0 unspecified atom stereocenters. The van der Waals surface area contributed by atoms with Crippen LogP contribution in [0.15, 0.2) is 67.0 Å². The van der Waals surface area contributed by atoms with Gasteiger partial charge in [-0.1, -0.05) is 29.8 Å². The Morgan fingerprint density at radius 1 is 1.06 bits per heavy atom. The first-order chi connectivity index (χ1) is 15.5. The Bertz CT molecular complexity index is 1330. The van der Waals surface area contributed by atoms with Gasteiger partial charge >= 0.3 is 0 Å². The summed E-state index contributed by atoms with van der Waals surface area (Å²) >= 11 is 5.96. The van der Waals surface area contributed by atoms with Crippen LogP contribution in [0.2, 0.25) is 5.02 Å². The third-order valence-electron chi connectivity index (χ3n) is 5.72. The molecule has 1 amide bonds. The van der Waals surface area contributed by atoms with Crippen LogP contribution in [0.25, 0.3) is 22.4 Å². The predicted octanol–water partition coefficient (Wildman–Crippen LogP) is 4.93. The van der Waals surface area contributed by atoms with Crippen LogP contribution in [-0.4, -0.2) is 22.0 Å². The maximum atomic E-state index is 14.8. The van der Waals surface area contributed by atoms with E-state index in [9.17, 15) is 9.18 Å². The number of aromatic nitrogens is 2. The molecule has 0 saturated heterocycles. The fourth-order valence-electron chi connectivity index (χ4n) is 4.33. The molecule has 4 aromatic rings. The molecule has 7 heteroatoms. The summed E-state index contributed by atoms with van der Waals surface area (Å²) in [5.74, 6) is -0.527. The van der Waals surface area contributed by atoms with Crippen molar-refractivity contribution in [2.75, 3.05) is 12.3 Å². The van der Waals surface area contributed by atoms with E-state index < -0.39 is 0 Å². The number of nitrogen functional groups attached to an aromatic ring is 1. The average molecular weight is 447 g/mol. The third kappa shape index (κ3) is 3.52. The maximum Gasteiger partial charge on any atom is 0.253 e. The van der Waals surface area contributed by atoms with Crippen molar-refractivity contribution in [2.24, 2.45) is 0 Å². The van der Waals surface area contributed by atoms with Gasteiger partial charge in [-0.25, -0.2) is 4.39 Å². The van der Waals surface area contributed by atoms with Gasteiger partial charge in [0.2, 0.25) is 0 Å². The van der Waals surface area contributed by atoms with E-state index in [1.807, 2.05) is 41.0 Å². The lowest BCUT2D eigenvalue weighted by molar-refractivity contribution is 0.0946. The molecule has 3 N–H and O–H groups in total. The lowest BCUT2D eigenvalue weighted by atomic mass is 9.95. The number of carbonyl (C=O) groups excluding carboxylic acids is 1. The Balaban J connectivity index is 1.83. The molecule has 0 radical (unpaired) electrons. The molecule has 160 valence electrons. The van der Waals surface area contributed by atoms with E-state index >= 15 is 0 Å². The fraction of sp³-hybridized carbons (Fsp3) is 0.120. The molecule has 2 aromatic carbocycles. The van der Waals surface area contributed by atoms with Crippen molar-refractivity contribution in [3.63, 3.8) is 0 Å². The van der Waals surface area contributed by atoms with Crippen LogP contribution in [0.5, 0.6) is 0 Å². The molecule has 0 bridgehead atoms. The summed E-state index contributed by atoms with van der Waals surface area (Å²) in [6.45, 7) is 0.781. The van der Waals surface area contributed by atoms with Crippen molar-refractivity contribution in [1.82, 2.24) is 14.9 Å². The highest BCUT2D eigenvalue weighted by Crippen LogP contribution is 2.41. The number of nitrogens with two attached hydrogens (primary N) is 1. The number of nitrogens with one attached hydrogen (secondary N) is 1. The molecule has 5 rings (SSSR count). The molecule has 0 atom stereocenters. The van der Waals surface area contributed by atoms with Crippen molar-refractivity contribution < 1.29 is 9.18 Å². The number of pyridine rings is 1. The second kappa shape index (κ2) is 8.13. The minimum atomic E-state index is -0.383. The predicted molar refractivity (Wildman–Crippen MR) is 124 cm³/mol. The van der Waals surface area contributed by atoms with E-state index in [-0.39, 0.29) is 18.3 Å². The Labute approximate surface area is 189 Å². The van der Waals surface area contributed by atoms with Gasteiger partial charge in [0.05, 0.1) is 17.8 Å². The molecule has 0 aliphatic carbocycles. The van der Waals surface area contributed by atoms with Gasteiger partial charge in [-0.3, -0.25) is 9.78 Å². The lowest BCUT2D eigenvalue weighted by Crippen LogP contribution is -2.32. The van der Waals surface area contributed by atoms with E-state index in [0.717, 1.165) is 28.1 Å². The summed E-state index contributed by atoms with van der Waals surface area (Å²) in [7, 11) is 0. The molecule has 0 spiro atoms. The number of amides is 1. The number of hydrogen-bond donors (Lipinski definition) is 2. The van der Waals surface area contributed by atoms with Crippen LogP contribution in [0.1, 0.15) is 21.6 Å². The SMILES string of the molecule is Nc1cccc(-c2c3c(n(Cc4ccc(Cl)cc4F)c2-c2ccncc2)CCNC3=O)c1. The first kappa shape index (κ1) is 20.3. The molecule has 5 nitrogen and oxygen atoms in total. The van der Waals surface area contributed by atoms with Crippen molar-refractivity contribution in [1.29, 1.82) is 0 Å². The maximum absolute atomic E-state index is 14.8. The summed E-state index contributed by atoms with van der Waals surface area (Å²) < 4.78 is 16.8. The zero-order chi connectivity index (χ0) is 22.2. The fourth-order valence-corrected chi connectivity index (χ4v) is 4.49. The normalized spacial score (nSPS) is 13.0. The van der Waals surface area contributed by atoms with Crippen LogP contribution >= 0.6 is 11.6 Å². The Morgan fingerprint density at radius 3 is 2.62 bits per heavy atom. The van der Waals surface area contributed by atoms with E-state index in [4.69, 9.17) is 17.3 Å². The van der Waals surface area contributed by atoms with Crippen molar-refractivity contribution in [3.05, 3.63) is 94.7 Å². The second-order valence-corrected chi connectivity index (χ2v) is 8.17. The number of anilines is 1. The number of nitrogens with zero attached hydrogens (tertiary/aromatic N) is 2. The van der Waals surface area contributed by atoms with Crippen LogP contribution in [0.4, 0.5) is 10.1 Å². The highest BCUT2D eigenvalue weighted by atomic mass is 35.5.